The maximum atomic E-state index is 12.5. The second-order valence-corrected chi connectivity index (χ2v) is 5.98. The third-order valence-electron chi connectivity index (χ3n) is 3.92. The van der Waals surface area contributed by atoms with E-state index >= 15 is 0 Å². The number of hydrogen-bond donors (Lipinski definition) is 2. The first-order valence-corrected chi connectivity index (χ1v) is 8.91. The minimum Gasteiger partial charge on any atom is -0.467 e. The van der Waals surface area contributed by atoms with E-state index in [-0.39, 0.29) is 30.2 Å². The first-order valence-electron chi connectivity index (χ1n) is 8.91. The third kappa shape index (κ3) is 5.29. The molecule has 2 heterocycles. The molecule has 3 rings (SSSR count). The van der Waals surface area contributed by atoms with Crippen molar-refractivity contribution in [3.8, 4) is 0 Å². The van der Waals surface area contributed by atoms with Crippen molar-refractivity contribution in [1.29, 1.82) is 0 Å². The number of rotatable bonds is 7. The summed E-state index contributed by atoms with van der Waals surface area (Å²) >= 11 is 0. The van der Waals surface area contributed by atoms with Crippen LogP contribution in [-0.2, 0) is 11.3 Å². The van der Waals surface area contributed by atoms with E-state index in [4.69, 9.17) is 9.15 Å². The van der Waals surface area contributed by atoms with Gasteiger partial charge in [-0.2, -0.15) is 0 Å². The lowest BCUT2D eigenvalue weighted by atomic mass is 10.1. The highest BCUT2D eigenvalue weighted by atomic mass is 16.5. The lowest BCUT2D eigenvalue weighted by Gasteiger charge is -2.08. The molecule has 0 radical (unpaired) electrons. The van der Waals surface area contributed by atoms with Crippen molar-refractivity contribution in [2.75, 3.05) is 11.9 Å². The standard InChI is InChI=1S/C21H19N3O5/c1-2-28-21(27)14-5-7-17(8-6-14)24-20(26)16-10-15(11-22-12-16)19(25)23-13-18-4-3-9-29-18/h3-12H,2,13H2,1H3,(H,23,25)(H,24,26). The fourth-order valence-corrected chi connectivity index (χ4v) is 2.48. The number of benzene rings is 1. The summed E-state index contributed by atoms with van der Waals surface area (Å²) in [7, 11) is 0. The Labute approximate surface area is 166 Å². The van der Waals surface area contributed by atoms with Gasteiger partial charge in [-0.3, -0.25) is 14.6 Å². The summed E-state index contributed by atoms with van der Waals surface area (Å²) in [5.41, 5.74) is 1.37. The van der Waals surface area contributed by atoms with Gasteiger partial charge in [0.15, 0.2) is 0 Å². The molecule has 0 fully saturated rings. The number of carbonyl (C=O) groups is 3. The molecule has 8 heteroatoms. The van der Waals surface area contributed by atoms with Crippen molar-refractivity contribution < 1.29 is 23.5 Å². The Kier molecular flexibility index (Phi) is 6.36. The maximum absolute atomic E-state index is 12.5. The first kappa shape index (κ1) is 19.8. The Bertz CT molecular complexity index is 997. The lowest BCUT2D eigenvalue weighted by Crippen LogP contribution is -2.23. The number of aromatic nitrogens is 1. The topological polar surface area (TPSA) is 111 Å². The minimum absolute atomic E-state index is 0.227. The number of amides is 2. The summed E-state index contributed by atoms with van der Waals surface area (Å²) < 4.78 is 10.1. The molecule has 8 nitrogen and oxygen atoms in total. The SMILES string of the molecule is CCOC(=O)c1ccc(NC(=O)c2cncc(C(=O)NCc3ccco3)c2)cc1. The Balaban J connectivity index is 1.63. The molecule has 0 atom stereocenters. The van der Waals surface area contributed by atoms with Gasteiger partial charge in [-0.05, 0) is 49.4 Å². The highest BCUT2D eigenvalue weighted by Crippen LogP contribution is 2.13. The highest BCUT2D eigenvalue weighted by Gasteiger charge is 2.13. The van der Waals surface area contributed by atoms with Crippen LogP contribution in [-0.4, -0.2) is 29.4 Å². The summed E-state index contributed by atoms with van der Waals surface area (Å²) in [6.45, 7) is 2.25. The summed E-state index contributed by atoms with van der Waals surface area (Å²) in [6.07, 6.45) is 4.27. The van der Waals surface area contributed by atoms with Crippen molar-refractivity contribution in [3.63, 3.8) is 0 Å². The van der Waals surface area contributed by atoms with Crippen molar-refractivity contribution >= 4 is 23.5 Å². The average molecular weight is 393 g/mol. The second-order valence-electron chi connectivity index (χ2n) is 5.98. The summed E-state index contributed by atoms with van der Waals surface area (Å²) in [4.78, 5) is 40.4. The molecular formula is C21H19N3O5. The van der Waals surface area contributed by atoms with E-state index in [0.717, 1.165) is 0 Å². The second kappa shape index (κ2) is 9.32. The molecular weight excluding hydrogens is 374 g/mol. The van der Waals surface area contributed by atoms with E-state index in [1.807, 2.05) is 0 Å². The van der Waals surface area contributed by atoms with Crippen LogP contribution in [0.3, 0.4) is 0 Å². The van der Waals surface area contributed by atoms with Gasteiger partial charge >= 0.3 is 5.97 Å². The van der Waals surface area contributed by atoms with E-state index in [9.17, 15) is 14.4 Å². The van der Waals surface area contributed by atoms with Crippen LogP contribution in [0, 0.1) is 0 Å². The summed E-state index contributed by atoms with van der Waals surface area (Å²) in [5.74, 6) is -0.612. The normalized spacial score (nSPS) is 10.2. The zero-order valence-corrected chi connectivity index (χ0v) is 15.7. The number of carbonyl (C=O) groups excluding carboxylic acids is 3. The van der Waals surface area contributed by atoms with Gasteiger partial charge in [-0.1, -0.05) is 0 Å². The van der Waals surface area contributed by atoms with Crippen molar-refractivity contribution in [2.45, 2.75) is 13.5 Å². The third-order valence-corrected chi connectivity index (χ3v) is 3.92. The number of furan rings is 1. The molecule has 3 aromatic rings. The molecule has 1 aromatic carbocycles. The number of esters is 1. The summed E-state index contributed by atoms with van der Waals surface area (Å²) in [5, 5.41) is 5.40. The van der Waals surface area contributed by atoms with Gasteiger partial charge in [-0.15, -0.1) is 0 Å². The highest BCUT2D eigenvalue weighted by molar-refractivity contribution is 6.06. The number of ether oxygens (including phenoxy) is 1. The van der Waals surface area contributed by atoms with Crippen LogP contribution < -0.4 is 10.6 Å². The van der Waals surface area contributed by atoms with Gasteiger partial charge in [0.05, 0.1) is 36.1 Å². The predicted molar refractivity (Wildman–Crippen MR) is 104 cm³/mol. The molecule has 148 valence electrons. The van der Waals surface area contributed by atoms with Crippen LogP contribution in [0.5, 0.6) is 0 Å². The van der Waals surface area contributed by atoms with E-state index in [2.05, 4.69) is 15.6 Å². The monoisotopic (exact) mass is 393 g/mol. The Morgan fingerprint density at radius 2 is 1.72 bits per heavy atom. The molecule has 0 unspecified atom stereocenters. The largest absolute Gasteiger partial charge is 0.467 e. The number of pyridine rings is 1. The van der Waals surface area contributed by atoms with Crippen LogP contribution in [0.1, 0.15) is 43.8 Å². The van der Waals surface area contributed by atoms with Crippen molar-refractivity contribution in [3.05, 3.63) is 83.6 Å². The molecule has 29 heavy (non-hydrogen) atoms. The Morgan fingerprint density at radius 1 is 1.00 bits per heavy atom. The first-order chi connectivity index (χ1) is 14.1. The Hall–Kier alpha value is -3.94. The van der Waals surface area contributed by atoms with E-state index in [1.54, 1.807) is 43.3 Å². The molecule has 2 aromatic heterocycles. The number of hydrogen-bond acceptors (Lipinski definition) is 6. The molecule has 0 saturated heterocycles. The molecule has 0 saturated carbocycles. The van der Waals surface area contributed by atoms with Gasteiger partial charge < -0.3 is 19.8 Å². The lowest BCUT2D eigenvalue weighted by molar-refractivity contribution is 0.0526. The minimum atomic E-state index is -0.429. The molecule has 0 spiro atoms. The van der Waals surface area contributed by atoms with Gasteiger partial charge in [-0.25, -0.2) is 4.79 Å². The van der Waals surface area contributed by atoms with Crippen molar-refractivity contribution in [2.24, 2.45) is 0 Å². The van der Waals surface area contributed by atoms with E-state index in [1.165, 1.54) is 24.7 Å². The van der Waals surface area contributed by atoms with E-state index in [0.29, 0.717) is 17.0 Å². The van der Waals surface area contributed by atoms with Gasteiger partial charge in [0.1, 0.15) is 5.76 Å². The fourth-order valence-electron chi connectivity index (χ4n) is 2.48. The Morgan fingerprint density at radius 3 is 2.38 bits per heavy atom. The molecule has 0 aliphatic carbocycles. The molecule has 0 bridgehead atoms. The predicted octanol–water partition coefficient (Wildman–Crippen LogP) is 3.03. The van der Waals surface area contributed by atoms with Crippen LogP contribution in [0.2, 0.25) is 0 Å². The number of nitrogens with zero attached hydrogens (tertiary/aromatic N) is 1. The number of anilines is 1. The zero-order valence-electron chi connectivity index (χ0n) is 15.7. The fraction of sp³-hybridized carbons (Fsp3) is 0.143. The van der Waals surface area contributed by atoms with Crippen LogP contribution in [0.4, 0.5) is 5.69 Å². The van der Waals surface area contributed by atoms with Gasteiger partial charge in [0.2, 0.25) is 0 Å². The zero-order chi connectivity index (χ0) is 20.6. The smallest absolute Gasteiger partial charge is 0.338 e. The molecule has 2 amide bonds. The molecule has 0 aliphatic rings. The average Bonchev–Trinajstić information content (AvgIpc) is 3.26. The summed E-state index contributed by atoms with van der Waals surface area (Å²) in [6, 6.07) is 11.2. The quantitative estimate of drug-likeness (QED) is 0.597. The van der Waals surface area contributed by atoms with E-state index < -0.39 is 11.9 Å². The van der Waals surface area contributed by atoms with Crippen LogP contribution in [0.25, 0.3) is 0 Å². The molecule has 0 aliphatic heterocycles. The number of nitrogens with one attached hydrogen (secondary N) is 2. The maximum Gasteiger partial charge on any atom is 0.338 e. The van der Waals surface area contributed by atoms with Gasteiger partial charge in [0, 0.05) is 18.1 Å². The molecule has 2 N–H and O–H groups in total. The van der Waals surface area contributed by atoms with Crippen LogP contribution in [0.15, 0.2) is 65.5 Å². The van der Waals surface area contributed by atoms with Gasteiger partial charge in [0.25, 0.3) is 11.8 Å². The van der Waals surface area contributed by atoms with Crippen LogP contribution >= 0.6 is 0 Å². The van der Waals surface area contributed by atoms with Crippen molar-refractivity contribution in [1.82, 2.24) is 10.3 Å².